The zero-order chi connectivity index (χ0) is 22.9. The van der Waals surface area contributed by atoms with Gasteiger partial charge in [0.25, 0.3) is 8.32 Å². The van der Waals surface area contributed by atoms with Gasteiger partial charge in [-0.1, -0.05) is 81.4 Å². The lowest BCUT2D eigenvalue weighted by Crippen LogP contribution is -2.66. The average Bonchev–Trinajstić information content (AvgIpc) is 3.48. The largest absolute Gasteiger partial charge is 0.598 e. The van der Waals surface area contributed by atoms with Gasteiger partial charge in [-0.3, -0.25) is 0 Å². The van der Waals surface area contributed by atoms with Crippen LogP contribution >= 0.6 is 0 Å². The predicted molar refractivity (Wildman–Crippen MR) is 136 cm³/mol. The highest BCUT2D eigenvalue weighted by Gasteiger charge is 2.52. The van der Waals surface area contributed by atoms with E-state index in [1.165, 1.54) is 10.4 Å². The van der Waals surface area contributed by atoms with Crippen LogP contribution in [0.5, 0.6) is 0 Å². The van der Waals surface area contributed by atoms with Gasteiger partial charge in [-0.2, -0.15) is 0 Å². The molecule has 2 aromatic carbocycles. The minimum Gasteiger partial charge on any atom is -0.598 e. The van der Waals surface area contributed by atoms with Crippen LogP contribution in [0.15, 0.2) is 60.7 Å². The third-order valence-corrected chi connectivity index (χ3v) is 13.1. The molecule has 170 valence electrons. The molecule has 3 rings (SSSR count). The Bertz CT molecular complexity index is 792. The van der Waals surface area contributed by atoms with Crippen LogP contribution in [0.4, 0.5) is 0 Å². The Morgan fingerprint density at radius 2 is 1.45 bits per heavy atom. The molecule has 0 heterocycles. The molecular formula is C26H39NO2SSi. The second-order valence-electron chi connectivity index (χ2n) is 10.9. The fourth-order valence-electron chi connectivity index (χ4n) is 4.50. The molecule has 1 saturated carbocycles. The van der Waals surface area contributed by atoms with Crippen molar-refractivity contribution >= 4 is 30.1 Å². The van der Waals surface area contributed by atoms with Crippen molar-refractivity contribution in [3.8, 4) is 0 Å². The Kier molecular flexibility index (Phi) is 7.44. The first kappa shape index (κ1) is 24.5. The topological polar surface area (TPSA) is 44.3 Å². The van der Waals surface area contributed by atoms with Crippen molar-refractivity contribution < 1.29 is 8.98 Å². The van der Waals surface area contributed by atoms with E-state index in [1.54, 1.807) is 0 Å². The minimum atomic E-state index is -2.48. The summed E-state index contributed by atoms with van der Waals surface area (Å²) in [7, 11) is -2.48. The van der Waals surface area contributed by atoms with E-state index in [-0.39, 0.29) is 15.8 Å². The van der Waals surface area contributed by atoms with Gasteiger partial charge in [0.15, 0.2) is 0 Å². The Balaban J connectivity index is 1.80. The van der Waals surface area contributed by atoms with Gasteiger partial charge < -0.3 is 8.98 Å². The maximum absolute atomic E-state index is 12.5. The molecular weight excluding hydrogens is 418 g/mol. The fraction of sp³-hybridized carbons (Fsp3) is 0.538. The van der Waals surface area contributed by atoms with E-state index in [2.05, 4.69) is 93.1 Å². The van der Waals surface area contributed by atoms with E-state index in [0.717, 1.165) is 13.0 Å². The summed E-state index contributed by atoms with van der Waals surface area (Å²) >= 11 is -1.04. The number of nitrogens with one attached hydrogen (secondary N) is 1. The SMILES string of the molecule is CC(N[S@+]([O-])C(C)(C)C)[C@@H]1C[C@H]1CO[Si](c1ccccc1)(c1ccccc1)C(C)(C)C. The van der Waals surface area contributed by atoms with Gasteiger partial charge in [0.1, 0.15) is 4.75 Å². The molecule has 1 N–H and O–H groups in total. The molecule has 0 saturated heterocycles. The normalized spacial score (nSPS) is 21.5. The average molecular weight is 458 g/mol. The van der Waals surface area contributed by atoms with E-state index in [0.29, 0.717) is 11.8 Å². The van der Waals surface area contributed by atoms with Gasteiger partial charge in [0.2, 0.25) is 0 Å². The Morgan fingerprint density at radius 1 is 0.968 bits per heavy atom. The molecule has 0 aliphatic heterocycles. The van der Waals surface area contributed by atoms with Crippen molar-refractivity contribution in [2.45, 2.75) is 70.7 Å². The summed E-state index contributed by atoms with van der Waals surface area (Å²) in [5.41, 5.74) is 0. The molecule has 0 radical (unpaired) electrons. The Labute approximate surface area is 193 Å². The summed E-state index contributed by atoms with van der Waals surface area (Å²) in [5, 5.41) is 2.65. The maximum Gasteiger partial charge on any atom is 0.261 e. The van der Waals surface area contributed by atoms with Crippen LogP contribution in [-0.2, 0) is 15.8 Å². The molecule has 0 bridgehead atoms. The van der Waals surface area contributed by atoms with Gasteiger partial charge >= 0.3 is 0 Å². The minimum absolute atomic E-state index is 0.00229. The molecule has 1 aliphatic rings. The lowest BCUT2D eigenvalue weighted by atomic mass is 10.2. The zero-order valence-electron chi connectivity index (χ0n) is 20.1. The van der Waals surface area contributed by atoms with Crippen LogP contribution in [0.2, 0.25) is 5.04 Å². The monoisotopic (exact) mass is 457 g/mol. The highest BCUT2D eigenvalue weighted by atomic mass is 32.2. The summed E-state index contributed by atoms with van der Waals surface area (Å²) < 4.78 is 22.7. The fourth-order valence-corrected chi connectivity index (χ4v) is 9.99. The van der Waals surface area contributed by atoms with Crippen LogP contribution in [-0.4, -0.2) is 30.3 Å². The Hall–Kier alpha value is -1.11. The van der Waals surface area contributed by atoms with Gasteiger partial charge in [0, 0.05) is 18.0 Å². The second-order valence-corrected chi connectivity index (χ2v) is 17.2. The molecule has 1 aliphatic carbocycles. The molecule has 31 heavy (non-hydrogen) atoms. The third kappa shape index (κ3) is 5.45. The maximum atomic E-state index is 12.5. The van der Waals surface area contributed by atoms with E-state index in [4.69, 9.17) is 4.43 Å². The highest BCUT2D eigenvalue weighted by Crippen LogP contribution is 2.44. The van der Waals surface area contributed by atoms with Crippen LogP contribution < -0.4 is 15.1 Å². The molecule has 4 atom stereocenters. The number of benzene rings is 2. The van der Waals surface area contributed by atoms with E-state index in [1.807, 2.05) is 20.8 Å². The van der Waals surface area contributed by atoms with Crippen molar-refractivity contribution in [2.75, 3.05) is 6.61 Å². The van der Waals surface area contributed by atoms with Gasteiger partial charge in [0.05, 0.1) is 6.04 Å². The van der Waals surface area contributed by atoms with Crippen LogP contribution in [0.3, 0.4) is 0 Å². The summed E-state index contributed by atoms with van der Waals surface area (Å²) in [5.74, 6) is 1.03. The molecule has 0 aromatic heterocycles. The molecule has 0 amide bonds. The first-order valence-corrected chi connectivity index (χ1v) is 14.5. The third-order valence-electron chi connectivity index (χ3n) is 6.40. The molecule has 2 aromatic rings. The summed E-state index contributed by atoms with van der Waals surface area (Å²) in [6.45, 7) is 15.9. The van der Waals surface area contributed by atoms with Crippen molar-refractivity contribution in [3.05, 3.63) is 60.7 Å². The van der Waals surface area contributed by atoms with E-state index < -0.39 is 19.7 Å². The van der Waals surface area contributed by atoms with Crippen molar-refractivity contribution in [2.24, 2.45) is 11.8 Å². The second kappa shape index (κ2) is 9.40. The Morgan fingerprint density at radius 3 is 1.87 bits per heavy atom. The van der Waals surface area contributed by atoms with Gasteiger partial charge in [-0.05, 0) is 61.4 Å². The summed E-state index contributed by atoms with van der Waals surface area (Å²) in [6, 6.07) is 21.9. The van der Waals surface area contributed by atoms with Crippen LogP contribution in [0.25, 0.3) is 0 Å². The lowest BCUT2D eigenvalue weighted by molar-refractivity contribution is 0.270. The summed E-state index contributed by atoms with van der Waals surface area (Å²) in [4.78, 5) is 0. The standard InChI is InChI=1S/C26H39NO2SSi/c1-20(27-30(28)25(2,3)4)24-18-21(24)19-29-31(26(5,6)7,22-14-10-8-11-15-22)23-16-12-9-13-17-23/h8-17,20-21,24,27H,18-19H2,1-7H3/t20?,21-,24-,30+/m0/s1. The quantitative estimate of drug-likeness (QED) is 0.464. The van der Waals surface area contributed by atoms with E-state index >= 15 is 0 Å². The highest BCUT2D eigenvalue weighted by molar-refractivity contribution is 7.90. The first-order valence-electron chi connectivity index (χ1n) is 11.4. The van der Waals surface area contributed by atoms with Crippen molar-refractivity contribution in [1.29, 1.82) is 0 Å². The summed E-state index contributed by atoms with van der Waals surface area (Å²) in [6.07, 6.45) is 1.13. The molecule has 5 heteroatoms. The predicted octanol–water partition coefficient (Wildman–Crippen LogP) is 4.64. The van der Waals surface area contributed by atoms with E-state index in [9.17, 15) is 4.55 Å². The van der Waals surface area contributed by atoms with Gasteiger partial charge in [-0.25, -0.2) is 0 Å². The molecule has 1 fully saturated rings. The van der Waals surface area contributed by atoms with Gasteiger partial charge in [-0.15, -0.1) is 4.72 Å². The van der Waals surface area contributed by atoms with Crippen LogP contribution in [0.1, 0.15) is 54.9 Å². The number of rotatable bonds is 8. The van der Waals surface area contributed by atoms with Crippen molar-refractivity contribution in [1.82, 2.24) is 4.72 Å². The number of hydrogen-bond acceptors (Lipinski definition) is 3. The molecule has 0 spiro atoms. The zero-order valence-corrected chi connectivity index (χ0v) is 22.0. The van der Waals surface area contributed by atoms with Crippen molar-refractivity contribution in [3.63, 3.8) is 0 Å². The number of hydrogen-bond donors (Lipinski definition) is 1. The lowest BCUT2D eigenvalue weighted by Gasteiger charge is -2.43. The smallest absolute Gasteiger partial charge is 0.261 e. The van der Waals surface area contributed by atoms with Crippen LogP contribution in [0, 0.1) is 11.8 Å². The molecule has 3 nitrogen and oxygen atoms in total. The molecule has 1 unspecified atom stereocenters. The first-order chi connectivity index (χ1) is 14.5.